The first-order valence-corrected chi connectivity index (χ1v) is 13.8. The molecule has 0 aliphatic carbocycles. The number of pyridine rings is 1. The Morgan fingerprint density at radius 1 is 1.00 bits per heavy atom. The van der Waals surface area contributed by atoms with Crippen LogP contribution in [0.15, 0.2) is 89.2 Å². The maximum absolute atomic E-state index is 15.1. The van der Waals surface area contributed by atoms with Crippen LogP contribution in [0.25, 0.3) is 33.3 Å². The smallest absolute Gasteiger partial charge is 0.266 e. The van der Waals surface area contributed by atoms with Crippen LogP contribution in [-0.4, -0.2) is 26.7 Å². The molecule has 8 heteroatoms. The molecule has 0 saturated heterocycles. The first-order valence-electron chi connectivity index (χ1n) is 13.8. The number of hydrogen-bond donors (Lipinski definition) is 0. The van der Waals surface area contributed by atoms with E-state index in [9.17, 15) is 9.18 Å². The lowest BCUT2D eigenvalue weighted by atomic mass is 10.0. The average Bonchev–Trinajstić information content (AvgIpc) is 3.33. The Bertz CT molecular complexity index is 1890. The Balaban J connectivity index is 1.78. The van der Waals surface area contributed by atoms with Crippen molar-refractivity contribution in [2.24, 2.45) is 4.99 Å². The second-order valence-electron chi connectivity index (χ2n) is 10.4. The van der Waals surface area contributed by atoms with Gasteiger partial charge in [-0.25, -0.2) is 18.5 Å². The van der Waals surface area contributed by atoms with Crippen LogP contribution in [0.5, 0.6) is 5.75 Å². The molecule has 0 saturated carbocycles. The van der Waals surface area contributed by atoms with Crippen molar-refractivity contribution in [3.8, 4) is 22.7 Å². The van der Waals surface area contributed by atoms with E-state index in [4.69, 9.17) is 9.84 Å². The molecular weight excluding hydrogens is 534 g/mol. The van der Waals surface area contributed by atoms with Crippen molar-refractivity contribution in [3.05, 3.63) is 113 Å². The van der Waals surface area contributed by atoms with Gasteiger partial charge in [-0.05, 0) is 88.0 Å². The van der Waals surface area contributed by atoms with Gasteiger partial charge in [-0.1, -0.05) is 36.9 Å². The number of nitrogens with zero attached hydrogens (tertiary/aromatic N) is 4. The SMILES string of the molecule is C=C(C)c1c(-c2ccc(OC(C)C)c(F)c2)nn(C(C)c2cc3cccc(F)c3c(=O)n2-c2ccccc2)c1N=CC. The fraction of sp³-hybridized carbons (Fsp3) is 0.206. The van der Waals surface area contributed by atoms with E-state index in [0.29, 0.717) is 45.0 Å². The van der Waals surface area contributed by atoms with Gasteiger partial charge in [0.05, 0.1) is 23.2 Å². The van der Waals surface area contributed by atoms with E-state index in [1.165, 1.54) is 16.7 Å². The molecule has 0 spiro atoms. The van der Waals surface area contributed by atoms with Crippen molar-refractivity contribution in [1.29, 1.82) is 0 Å². The summed E-state index contributed by atoms with van der Waals surface area (Å²) in [7, 11) is 0. The second-order valence-corrected chi connectivity index (χ2v) is 10.4. The minimum atomic E-state index is -0.587. The predicted octanol–water partition coefficient (Wildman–Crippen LogP) is 8.28. The molecule has 214 valence electrons. The number of allylic oxidation sites excluding steroid dienone is 1. The Labute approximate surface area is 243 Å². The predicted molar refractivity (Wildman–Crippen MR) is 165 cm³/mol. The Kier molecular flexibility index (Phi) is 7.89. The van der Waals surface area contributed by atoms with Gasteiger partial charge >= 0.3 is 0 Å². The zero-order valence-electron chi connectivity index (χ0n) is 24.2. The maximum Gasteiger partial charge on any atom is 0.266 e. The van der Waals surface area contributed by atoms with Gasteiger partial charge in [0.15, 0.2) is 17.4 Å². The first kappa shape index (κ1) is 28.7. The molecule has 2 aromatic heterocycles. The van der Waals surface area contributed by atoms with Crippen molar-refractivity contribution in [3.63, 3.8) is 0 Å². The molecule has 0 amide bonds. The van der Waals surface area contributed by atoms with Gasteiger partial charge in [0.25, 0.3) is 5.56 Å². The summed E-state index contributed by atoms with van der Waals surface area (Å²) in [4.78, 5) is 18.5. The lowest BCUT2D eigenvalue weighted by molar-refractivity contribution is 0.231. The molecule has 1 atom stereocenters. The molecule has 5 aromatic rings. The Morgan fingerprint density at radius 3 is 2.38 bits per heavy atom. The van der Waals surface area contributed by atoms with Crippen LogP contribution in [0.1, 0.15) is 51.9 Å². The zero-order valence-corrected chi connectivity index (χ0v) is 24.2. The van der Waals surface area contributed by atoms with E-state index >= 15 is 4.39 Å². The van der Waals surface area contributed by atoms with Gasteiger partial charge in [0.1, 0.15) is 11.5 Å². The quantitative estimate of drug-likeness (QED) is 0.178. The largest absolute Gasteiger partial charge is 0.488 e. The van der Waals surface area contributed by atoms with Crippen LogP contribution >= 0.6 is 0 Å². The molecule has 6 nitrogen and oxygen atoms in total. The van der Waals surface area contributed by atoms with Crippen LogP contribution in [0.3, 0.4) is 0 Å². The highest BCUT2D eigenvalue weighted by Crippen LogP contribution is 2.39. The van der Waals surface area contributed by atoms with Gasteiger partial charge < -0.3 is 4.74 Å². The second kappa shape index (κ2) is 11.6. The molecule has 0 N–H and O–H groups in total. The molecule has 42 heavy (non-hydrogen) atoms. The molecule has 0 aliphatic rings. The molecule has 5 rings (SSSR count). The Hall–Kier alpha value is -4.85. The number of aliphatic imine (C=N–C) groups is 1. The van der Waals surface area contributed by atoms with Crippen LogP contribution in [-0.2, 0) is 0 Å². The maximum atomic E-state index is 15.1. The monoisotopic (exact) mass is 566 g/mol. The summed E-state index contributed by atoms with van der Waals surface area (Å²) in [6.07, 6.45) is 1.47. The summed E-state index contributed by atoms with van der Waals surface area (Å²) in [6.45, 7) is 13.4. The summed E-state index contributed by atoms with van der Waals surface area (Å²) in [5.74, 6) is -0.440. The van der Waals surface area contributed by atoms with Gasteiger partial charge in [0.2, 0.25) is 0 Å². The molecule has 0 aliphatic heterocycles. The lowest BCUT2D eigenvalue weighted by Gasteiger charge is -2.21. The molecule has 0 radical (unpaired) electrons. The van der Waals surface area contributed by atoms with Crippen molar-refractivity contribution in [1.82, 2.24) is 14.3 Å². The number of aromatic nitrogens is 3. The van der Waals surface area contributed by atoms with Crippen LogP contribution in [0.4, 0.5) is 14.6 Å². The van der Waals surface area contributed by atoms with Crippen LogP contribution in [0.2, 0.25) is 0 Å². The van der Waals surface area contributed by atoms with E-state index in [1.807, 2.05) is 45.9 Å². The average molecular weight is 567 g/mol. The number of fused-ring (bicyclic) bond motifs is 1. The third kappa shape index (κ3) is 5.16. The minimum Gasteiger partial charge on any atom is -0.488 e. The summed E-state index contributed by atoms with van der Waals surface area (Å²) in [6, 6.07) is 19.6. The van der Waals surface area contributed by atoms with Crippen molar-refractivity contribution < 1.29 is 13.5 Å². The molecule has 2 heterocycles. The molecular formula is C34H32F2N4O2. The summed E-state index contributed by atoms with van der Waals surface area (Å²) in [5, 5.41) is 5.42. The zero-order chi connectivity index (χ0) is 30.1. The number of rotatable bonds is 8. The lowest BCUT2D eigenvalue weighted by Crippen LogP contribution is -2.26. The van der Waals surface area contributed by atoms with E-state index < -0.39 is 23.2 Å². The molecule has 0 fully saturated rings. The summed E-state index contributed by atoms with van der Waals surface area (Å²) < 4.78 is 38.8. The highest BCUT2D eigenvalue weighted by molar-refractivity contribution is 5.85. The van der Waals surface area contributed by atoms with Gasteiger partial charge in [-0.2, -0.15) is 5.10 Å². The van der Waals surface area contributed by atoms with E-state index in [2.05, 4.69) is 11.6 Å². The van der Waals surface area contributed by atoms with E-state index in [1.54, 1.807) is 60.3 Å². The first-order chi connectivity index (χ1) is 20.1. The fourth-order valence-corrected chi connectivity index (χ4v) is 5.15. The van der Waals surface area contributed by atoms with Crippen molar-refractivity contribution in [2.45, 2.75) is 46.8 Å². The summed E-state index contributed by atoms with van der Waals surface area (Å²) in [5.41, 5.74) is 3.04. The number of ether oxygens (including phenoxy) is 1. The third-order valence-corrected chi connectivity index (χ3v) is 6.96. The van der Waals surface area contributed by atoms with E-state index in [0.717, 1.165) is 0 Å². The standard InChI is InChI=1S/C34H32F2N4O2/c1-7-37-33-30(20(2)3)32(24-16-17-29(27(36)18-24)42-21(4)5)38-40(33)22(6)28-19-23-12-11-15-26(35)31(23)34(41)39(28)25-13-9-8-10-14-25/h7-19,21-22H,2H2,1,3-6H3. The molecule has 3 aromatic carbocycles. The highest BCUT2D eigenvalue weighted by Gasteiger charge is 2.27. The fourth-order valence-electron chi connectivity index (χ4n) is 5.15. The van der Waals surface area contributed by atoms with Crippen molar-refractivity contribution >= 4 is 28.4 Å². The summed E-state index contributed by atoms with van der Waals surface area (Å²) >= 11 is 0. The molecule has 1 unspecified atom stereocenters. The minimum absolute atomic E-state index is 0.00654. The van der Waals surface area contributed by atoms with E-state index in [-0.39, 0.29) is 17.2 Å². The van der Waals surface area contributed by atoms with Gasteiger partial charge in [0, 0.05) is 23.0 Å². The molecule has 0 bridgehead atoms. The highest BCUT2D eigenvalue weighted by atomic mass is 19.1. The van der Waals surface area contributed by atoms with Crippen molar-refractivity contribution in [2.75, 3.05) is 0 Å². The number of benzene rings is 3. The number of halogens is 2. The normalized spacial score (nSPS) is 12.4. The van der Waals surface area contributed by atoms with Gasteiger partial charge in [-0.3, -0.25) is 9.36 Å². The van der Waals surface area contributed by atoms with Crippen LogP contribution < -0.4 is 10.3 Å². The third-order valence-electron chi connectivity index (χ3n) is 6.96. The number of hydrogen-bond acceptors (Lipinski definition) is 4. The Morgan fingerprint density at radius 2 is 1.74 bits per heavy atom. The van der Waals surface area contributed by atoms with Crippen LogP contribution in [0, 0.1) is 11.6 Å². The van der Waals surface area contributed by atoms with Gasteiger partial charge in [-0.15, -0.1) is 0 Å². The number of para-hydroxylation sites is 1. The topological polar surface area (TPSA) is 61.4 Å².